The summed E-state index contributed by atoms with van der Waals surface area (Å²) in [4.78, 5) is 0. The van der Waals surface area contributed by atoms with Crippen LogP contribution in [0.15, 0.2) is 30.3 Å². The van der Waals surface area contributed by atoms with Gasteiger partial charge in [0.15, 0.2) is 11.5 Å². The van der Waals surface area contributed by atoms with Crippen LogP contribution in [0, 0.1) is 12.7 Å². The Hall–Kier alpha value is -1.78. The van der Waals surface area contributed by atoms with Crippen LogP contribution >= 0.6 is 11.6 Å². The van der Waals surface area contributed by atoms with Crippen molar-refractivity contribution in [1.82, 2.24) is 0 Å². The Balaban J connectivity index is 2.02. The van der Waals surface area contributed by atoms with E-state index >= 15 is 0 Å². The fourth-order valence-electron chi connectivity index (χ4n) is 2.44. The lowest BCUT2D eigenvalue weighted by Crippen LogP contribution is -2.17. The van der Waals surface area contributed by atoms with Crippen LogP contribution in [0.5, 0.6) is 11.5 Å². The minimum Gasteiger partial charge on any atom is -0.486 e. The summed E-state index contributed by atoms with van der Waals surface area (Å²) in [5.74, 6) is 0.913. The van der Waals surface area contributed by atoms with Crippen LogP contribution in [0.1, 0.15) is 22.7 Å². The second-order valence-corrected chi connectivity index (χ2v) is 5.46. The smallest absolute Gasteiger partial charge is 0.162 e. The molecule has 3 nitrogen and oxygen atoms in total. The largest absolute Gasteiger partial charge is 0.486 e. The third kappa shape index (κ3) is 2.82. The molecule has 0 saturated heterocycles. The third-order valence-corrected chi connectivity index (χ3v) is 3.75. The standard InChI is InChI=1S/C16H15ClFNO2/c1-9-4-10(6-11(18)5-9)16(19)12-7-14-15(8-13(12)17)21-3-2-20-14/h4-8,16H,2-3,19H2,1H3. The van der Waals surface area contributed by atoms with E-state index in [0.717, 1.165) is 5.56 Å². The maximum absolute atomic E-state index is 13.5. The molecule has 0 saturated carbocycles. The molecule has 5 heteroatoms. The monoisotopic (exact) mass is 307 g/mol. The van der Waals surface area contributed by atoms with Gasteiger partial charge in [0.2, 0.25) is 0 Å². The first kappa shape index (κ1) is 14.2. The number of hydrogen-bond acceptors (Lipinski definition) is 3. The Morgan fingerprint density at radius 2 is 1.76 bits per heavy atom. The minimum absolute atomic E-state index is 0.311. The molecule has 2 N–H and O–H groups in total. The normalized spacial score (nSPS) is 14.9. The fourth-order valence-corrected chi connectivity index (χ4v) is 2.71. The van der Waals surface area contributed by atoms with Crippen molar-refractivity contribution in [2.45, 2.75) is 13.0 Å². The van der Waals surface area contributed by atoms with Crippen molar-refractivity contribution in [2.24, 2.45) is 5.73 Å². The Labute approximate surface area is 127 Å². The minimum atomic E-state index is -0.525. The number of halogens is 2. The van der Waals surface area contributed by atoms with Crippen molar-refractivity contribution in [2.75, 3.05) is 13.2 Å². The average molecular weight is 308 g/mol. The van der Waals surface area contributed by atoms with Gasteiger partial charge in [-0.1, -0.05) is 17.7 Å². The number of aryl methyl sites for hydroxylation is 1. The van der Waals surface area contributed by atoms with Gasteiger partial charge >= 0.3 is 0 Å². The van der Waals surface area contributed by atoms with Gasteiger partial charge in [-0.25, -0.2) is 4.39 Å². The molecule has 0 radical (unpaired) electrons. The highest BCUT2D eigenvalue weighted by molar-refractivity contribution is 6.31. The predicted molar refractivity (Wildman–Crippen MR) is 79.6 cm³/mol. The first-order valence-corrected chi connectivity index (χ1v) is 7.04. The van der Waals surface area contributed by atoms with Gasteiger partial charge in [0.25, 0.3) is 0 Å². The molecule has 3 rings (SSSR count). The molecule has 1 unspecified atom stereocenters. The van der Waals surface area contributed by atoms with Gasteiger partial charge in [0.05, 0.1) is 6.04 Å². The molecular formula is C16H15ClFNO2. The van der Waals surface area contributed by atoms with Gasteiger partial charge in [0.1, 0.15) is 19.0 Å². The molecule has 1 heterocycles. The van der Waals surface area contributed by atoms with Crippen LogP contribution in [0.4, 0.5) is 4.39 Å². The van der Waals surface area contributed by atoms with Crippen molar-refractivity contribution in [1.29, 1.82) is 0 Å². The summed E-state index contributed by atoms with van der Waals surface area (Å²) in [6.45, 7) is 2.81. The molecule has 110 valence electrons. The van der Waals surface area contributed by atoms with Crippen LogP contribution in [0.2, 0.25) is 5.02 Å². The van der Waals surface area contributed by atoms with E-state index in [1.807, 2.05) is 13.0 Å². The fraction of sp³-hybridized carbons (Fsp3) is 0.250. The second kappa shape index (κ2) is 5.54. The van der Waals surface area contributed by atoms with Crippen molar-refractivity contribution >= 4 is 11.6 Å². The number of nitrogens with two attached hydrogens (primary N) is 1. The lowest BCUT2D eigenvalue weighted by molar-refractivity contribution is 0.171. The van der Waals surface area contributed by atoms with Crippen LogP contribution in [0.3, 0.4) is 0 Å². The molecule has 0 bridgehead atoms. The molecule has 0 spiro atoms. The van der Waals surface area contributed by atoms with E-state index in [0.29, 0.717) is 40.9 Å². The molecule has 1 aliphatic heterocycles. The molecule has 1 aliphatic rings. The number of ether oxygens (including phenoxy) is 2. The Morgan fingerprint density at radius 1 is 1.10 bits per heavy atom. The molecule has 0 aliphatic carbocycles. The Kier molecular flexibility index (Phi) is 3.74. The summed E-state index contributed by atoms with van der Waals surface area (Å²) in [5, 5.41) is 0.480. The summed E-state index contributed by atoms with van der Waals surface area (Å²) in [5.41, 5.74) is 8.41. The summed E-state index contributed by atoms with van der Waals surface area (Å²) >= 11 is 6.28. The van der Waals surface area contributed by atoms with Crippen LogP contribution < -0.4 is 15.2 Å². The van der Waals surface area contributed by atoms with E-state index in [-0.39, 0.29) is 5.82 Å². The number of hydrogen-bond donors (Lipinski definition) is 1. The first-order valence-electron chi connectivity index (χ1n) is 6.66. The molecule has 2 aromatic carbocycles. The van der Waals surface area contributed by atoms with Crippen molar-refractivity contribution < 1.29 is 13.9 Å². The summed E-state index contributed by atoms with van der Waals surface area (Å²) in [7, 11) is 0. The SMILES string of the molecule is Cc1cc(F)cc(C(N)c2cc3c(cc2Cl)OCCO3)c1. The molecule has 0 amide bonds. The van der Waals surface area contributed by atoms with Crippen molar-refractivity contribution in [3.8, 4) is 11.5 Å². The van der Waals surface area contributed by atoms with Gasteiger partial charge in [-0.2, -0.15) is 0 Å². The zero-order valence-corrected chi connectivity index (χ0v) is 12.3. The van der Waals surface area contributed by atoms with E-state index < -0.39 is 6.04 Å². The highest BCUT2D eigenvalue weighted by Crippen LogP contribution is 2.38. The second-order valence-electron chi connectivity index (χ2n) is 5.06. The van der Waals surface area contributed by atoms with E-state index in [1.54, 1.807) is 12.1 Å². The molecule has 1 atom stereocenters. The zero-order chi connectivity index (χ0) is 15.0. The number of rotatable bonds is 2. The predicted octanol–water partition coefficient (Wildman–Crippen LogP) is 3.61. The summed E-state index contributed by atoms with van der Waals surface area (Å²) in [6, 6.07) is 7.66. The van der Waals surface area contributed by atoms with Gasteiger partial charge in [-0.05, 0) is 41.8 Å². The van der Waals surface area contributed by atoms with Crippen molar-refractivity contribution in [3.05, 3.63) is 57.9 Å². The quantitative estimate of drug-likeness (QED) is 0.922. The zero-order valence-electron chi connectivity index (χ0n) is 11.5. The van der Waals surface area contributed by atoms with Crippen LogP contribution in [0.25, 0.3) is 0 Å². The topological polar surface area (TPSA) is 44.5 Å². The van der Waals surface area contributed by atoms with E-state index in [2.05, 4.69) is 0 Å². The highest BCUT2D eigenvalue weighted by atomic mass is 35.5. The summed E-state index contributed by atoms with van der Waals surface area (Å²) in [6.07, 6.45) is 0. The Morgan fingerprint density at radius 3 is 2.43 bits per heavy atom. The number of fused-ring (bicyclic) bond motifs is 1. The first-order chi connectivity index (χ1) is 10.0. The van der Waals surface area contributed by atoms with E-state index in [1.165, 1.54) is 12.1 Å². The molecule has 0 aromatic heterocycles. The van der Waals surface area contributed by atoms with E-state index in [9.17, 15) is 4.39 Å². The van der Waals surface area contributed by atoms with Gasteiger partial charge in [-0.3, -0.25) is 0 Å². The summed E-state index contributed by atoms with van der Waals surface area (Å²) < 4.78 is 24.6. The molecule has 0 fully saturated rings. The van der Waals surface area contributed by atoms with Crippen LogP contribution in [-0.4, -0.2) is 13.2 Å². The maximum Gasteiger partial charge on any atom is 0.162 e. The lowest BCUT2D eigenvalue weighted by Gasteiger charge is -2.22. The number of benzene rings is 2. The third-order valence-electron chi connectivity index (χ3n) is 3.42. The van der Waals surface area contributed by atoms with Gasteiger partial charge in [0, 0.05) is 11.1 Å². The molecule has 21 heavy (non-hydrogen) atoms. The van der Waals surface area contributed by atoms with Gasteiger partial charge < -0.3 is 15.2 Å². The highest BCUT2D eigenvalue weighted by Gasteiger charge is 2.20. The Bertz CT molecular complexity index is 670. The van der Waals surface area contributed by atoms with E-state index in [4.69, 9.17) is 26.8 Å². The van der Waals surface area contributed by atoms with Crippen molar-refractivity contribution in [3.63, 3.8) is 0 Å². The molecule has 2 aromatic rings. The molecular weight excluding hydrogens is 293 g/mol. The maximum atomic E-state index is 13.5. The van der Waals surface area contributed by atoms with Crippen LogP contribution in [-0.2, 0) is 0 Å². The van der Waals surface area contributed by atoms with Gasteiger partial charge in [-0.15, -0.1) is 0 Å². The average Bonchev–Trinajstić information content (AvgIpc) is 2.44. The lowest BCUT2D eigenvalue weighted by atomic mass is 9.97.